The van der Waals surface area contributed by atoms with Gasteiger partial charge in [0.25, 0.3) is 5.91 Å². The molecule has 3 heterocycles. The summed E-state index contributed by atoms with van der Waals surface area (Å²) in [6.45, 7) is 0.545. The minimum absolute atomic E-state index is 0.00575. The highest BCUT2D eigenvalue weighted by Crippen LogP contribution is 2.36. The molecule has 2 aromatic rings. The van der Waals surface area contributed by atoms with Crippen molar-refractivity contribution in [2.75, 3.05) is 34.6 Å². The lowest BCUT2D eigenvalue weighted by atomic mass is 9.80. The number of carbonyl (C=O) groups is 3. The Bertz CT molecular complexity index is 1320. The Morgan fingerprint density at radius 1 is 1.05 bits per heavy atom. The van der Waals surface area contributed by atoms with E-state index in [4.69, 9.17) is 4.42 Å². The van der Waals surface area contributed by atoms with Gasteiger partial charge in [-0.1, -0.05) is 19.3 Å². The number of benzene rings is 1. The number of hydrogen-bond acceptors (Lipinski definition) is 7. The number of hydrogen-bond donors (Lipinski definition) is 2. The number of nitrogens with zero attached hydrogens (tertiary/aromatic N) is 2. The smallest absolute Gasteiger partial charge is 0.287 e. The van der Waals surface area contributed by atoms with E-state index >= 15 is 0 Å². The van der Waals surface area contributed by atoms with Crippen LogP contribution in [0, 0.1) is 5.82 Å². The maximum absolute atomic E-state index is 14.1. The van der Waals surface area contributed by atoms with Crippen molar-refractivity contribution in [1.29, 1.82) is 0 Å². The summed E-state index contributed by atoms with van der Waals surface area (Å²) in [7, 11) is -3.55. The molecule has 2 amide bonds. The number of anilines is 2. The SMILES string of the molecule is O=C(NC1(C(=O)NC2CCN(c3ccc(F)cc3N3CCCS3(=O)=O)CC2=O)CCCCC1)c1ccco1. The van der Waals surface area contributed by atoms with Crippen LogP contribution in [0.2, 0.25) is 0 Å². The molecule has 1 aromatic heterocycles. The van der Waals surface area contributed by atoms with Crippen molar-refractivity contribution in [2.45, 2.75) is 56.5 Å². The van der Waals surface area contributed by atoms with E-state index in [9.17, 15) is 27.2 Å². The van der Waals surface area contributed by atoms with Gasteiger partial charge in [-0.3, -0.25) is 18.7 Å². The Morgan fingerprint density at radius 2 is 1.84 bits per heavy atom. The zero-order chi connectivity index (χ0) is 26.9. The summed E-state index contributed by atoms with van der Waals surface area (Å²) in [5, 5.41) is 5.73. The molecule has 1 saturated carbocycles. The maximum atomic E-state index is 14.1. The van der Waals surface area contributed by atoms with E-state index in [1.807, 2.05) is 0 Å². The lowest BCUT2D eigenvalue weighted by molar-refractivity contribution is -0.133. The normalized spacial score (nSPS) is 22.8. The fourth-order valence-electron chi connectivity index (χ4n) is 5.60. The van der Waals surface area contributed by atoms with Gasteiger partial charge >= 0.3 is 0 Å². The van der Waals surface area contributed by atoms with Crippen molar-refractivity contribution in [3.8, 4) is 0 Å². The minimum atomic E-state index is -3.55. The summed E-state index contributed by atoms with van der Waals surface area (Å²) in [6.07, 6.45) is 5.54. The van der Waals surface area contributed by atoms with E-state index in [0.29, 0.717) is 31.5 Å². The molecule has 0 spiro atoms. The standard InChI is InChI=1S/C26H31FN4O6S/c27-18-7-8-20(21(16-18)31-12-5-15-38(31,35)36)30-13-9-19(22(32)17-30)28-25(34)26(10-2-1-3-11-26)29-24(33)23-6-4-14-37-23/h4,6-8,14,16,19H,1-3,5,9-13,15,17H2,(H,28,34)(H,29,33). The molecule has 10 nitrogen and oxygen atoms in total. The third-order valence-corrected chi connectivity index (χ3v) is 9.47. The van der Waals surface area contributed by atoms with Crippen LogP contribution in [0.4, 0.5) is 15.8 Å². The van der Waals surface area contributed by atoms with Crippen LogP contribution in [0.5, 0.6) is 0 Å². The zero-order valence-electron chi connectivity index (χ0n) is 20.9. The summed E-state index contributed by atoms with van der Waals surface area (Å²) < 4.78 is 45.5. The van der Waals surface area contributed by atoms with Crippen molar-refractivity contribution >= 4 is 39.0 Å². The van der Waals surface area contributed by atoms with Crippen molar-refractivity contribution < 1.29 is 31.6 Å². The number of amides is 2. The summed E-state index contributed by atoms with van der Waals surface area (Å²) in [5.74, 6) is -1.57. The van der Waals surface area contributed by atoms with Gasteiger partial charge in [0, 0.05) is 19.2 Å². The van der Waals surface area contributed by atoms with Crippen molar-refractivity contribution in [3.63, 3.8) is 0 Å². The number of Topliss-reactive ketones (excluding diaryl/α,β-unsaturated/α-hetero) is 1. The third-order valence-electron chi connectivity index (χ3n) is 7.61. The second kappa shape index (κ2) is 10.4. The lowest BCUT2D eigenvalue weighted by Crippen LogP contribution is -2.63. The molecule has 204 valence electrons. The number of furan rings is 1. The molecule has 1 atom stereocenters. The quantitative estimate of drug-likeness (QED) is 0.569. The second-order valence-corrected chi connectivity index (χ2v) is 12.2. The second-order valence-electron chi connectivity index (χ2n) is 10.2. The van der Waals surface area contributed by atoms with E-state index in [-0.39, 0.29) is 42.5 Å². The van der Waals surface area contributed by atoms with E-state index in [1.54, 1.807) is 11.0 Å². The van der Waals surface area contributed by atoms with Crippen LogP contribution in [0.3, 0.4) is 0 Å². The first kappa shape index (κ1) is 26.2. The summed E-state index contributed by atoms with van der Waals surface area (Å²) >= 11 is 0. The fourth-order valence-corrected chi connectivity index (χ4v) is 7.17. The monoisotopic (exact) mass is 546 g/mol. The minimum Gasteiger partial charge on any atom is -0.459 e. The first-order valence-corrected chi connectivity index (χ1v) is 14.5. The Kier molecular flexibility index (Phi) is 7.17. The molecule has 1 unspecified atom stereocenters. The van der Waals surface area contributed by atoms with Gasteiger partial charge in [-0.25, -0.2) is 12.8 Å². The van der Waals surface area contributed by atoms with E-state index < -0.39 is 39.2 Å². The molecule has 2 aliphatic heterocycles. The van der Waals surface area contributed by atoms with Crippen molar-refractivity contribution in [3.05, 3.63) is 48.2 Å². The molecule has 2 N–H and O–H groups in total. The molecule has 1 aromatic carbocycles. The van der Waals surface area contributed by atoms with Gasteiger partial charge in [0.2, 0.25) is 15.9 Å². The number of ketones is 1. The van der Waals surface area contributed by atoms with Crippen LogP contribution < -0.4 is 19.8 Å². The van der Waals surface area contributed by atoms with Crippen molar-refractivity contribution in [1.82, 2.24) is 10.6 Å². The third kappa shape index (κ3) is 5.13. The van der Waals surface area contributed by atoms with Crippen molar-refractivity contribution in [2.24, 2.45) is 0 Å². The van der Waals surface area contributed by atoms with Gasteiger partial charge in [0.15, 0.2) is 11.5 Å². The van der Waals surface area contributed by atoms with Gasteiger partial charge in [-0.05, 0) is 49.9 Å². The Morgan fingerprint density at radius 3 is 2.50 bits per heavy atom. The number of rotatable bonds is 6. The highest BCUT2D eigenvalue weighted by Gasteiger charge is 2.43. The van der Waals surface area contributed by atoms with Crippen LogP contribution >= 0.6 is 0 Å². The van der Waals surface area contributed by atoms with Gasteiger partial charge in [0.05, 0.1) is 36.0 Å². The molecule has 1 aliphatic carbocycles. The first-order chi connectivity index (χ1) is 18.2. The molecule has 2 saturated heterocycles. The predicted molar refractivity (Wildman–Crippen MR) is 138 cm³/mol. The van der Waals surface area contributed by atoms with Gasteiger partial charge in [0.1, 0.15) is 11.4 Å². The fraction of sp³-hybridized carbons (Fsp3) is 0.500. The topological polar surface area (TPSA) is 129 Å². The highest BCUT2D eigenvalue weighted by atomic mass is 32.2. The number of carbonyl (C=O) groups excluding carboxylic acids is 3. The summed E-state index contributed by atoms with van der Waals surface area (Å²) in [6, 6.07) is 6.30. The number of sulfonamides is 1. The molecular weight excluding hydrogens is 515 g/mol. The van der Waals surface area contributed by atoms with Crippen LogP contribution in [-0.4, -0.2) is 63.0 Å². The van der Waals surface area contributed by atoms with Gasteiger partial charge < -0.3 is 20.0 Å². The summed E-state index contributed by atoms with van der Waals surface area (Å²) in [5.41, 5.74) is -0.447. The molecule has 38 heavy (non-hydrogen) atoms. The maximum Gasteiger partial charge on any atom is 0.287 e. The molecule has 12 heteroatoms. The molecule has 0 radical (unpaired) electrons. The van der Waals surface area contributed by atoms with Crippen LogP contribution in [0.15, 0.2) is 41.0 Å². The number of halogens is 1. The molecule has 3 fully saturated rings. The average molecular weight is 547 g/mol. The largest absolute Gasteiger partial charge is 0.459 e. The van der Waals surface area contributed by atoms with Crippen LogP contribution in [0.25, 0.3) is 0 Å². The Balaban J connectivity index is 1.29. The van der Waals surface area contributed by atoms with Crippen LogP contribution in [0.1, 0.15) is 55.5 Å². The zero-order valence-corrected chi connectivity index (χ0v) is 21.8. The highest BCUT2D eigenvalue weighted by molar-refractivity contribution is 7.93. The van der Waals surface area contributed by atoms with E-state index in [1.165, 1.54) is 34.8 Å². The number of nitrogens with one attached hydrogen (secondary N) is 2. The first-order valence-electron chi connectivity index (χ1n) is 12.9. The number of piperidine rings is 1. The molecular formula is C26H31FN4O6S. The Hall–Kier alpha value is -3.41. The van der Waals surface area contributed by atoms with Crippen LogP contribution in [-0.2, 0) is 19.6 Å². The van der Waals surface area contributed by atoms with Gasteiger partial charge in [-0.15, -0.1) is 0 Å². The van der Waals surface area contributed by atoms with E-state index in [2.05, 4.69) is 10.6 Å². The molecule has 3 aliphatic rings. The molecule has 5 rings (SSSR count). The van der Waals surface area contributed by atoms with E-state index in [0.717, 1.165) is 19.3 Å². The molecule has 0 bridgehead atoms. The lowest BCUT2D eigenvalue weighted by Gasteiger charge is -2.39. The Labute approximate surface area is 220 Å². The summed E-state index contributed by atoms with van der Waals surface area (Å²) in [4.78, 5) is 41.1. The average Bonchev–Trinajstić information content (AvgIpc) is 3.55. The van der Waals surface area contributed by atoms with Gasteiger partial charge in [-0.2, -0.15) is 0 Å². The predicted octanol–water partition coefficient (Wildman–Crippen LogP) is 2.36.